The molecule has 1 aromatic heterocycles. The molecule has 0 bridgehead atoms. The maximum atomic E-state index is 11.3. The van der Waals surface area contributed by atoms with Crippen LogP contribution in [0.2, 0.25) is 0 Å². The van der Waals surface area contributed by atoms with Crippen LogP contribution < -0.4 is 5.32 Å². The Bertz CT molecular complexity index is 611. The lowest BCUT2D eigenvalue weighted by molar-refractivity contribution is -0.139. The molecule has 1 aliphatic rings. The SMILES string of the molecule is O=C1C=C[C@@H]([C@H](Nc2ccccc2)c2cccnc2)O1. The lowest BCUT2D eigenvalue weighted by Crippen LogP contribution is -2.25. The number of aromatic nitrogens is 1. The summed E-state index contributed by atoms with van der Waals surface area (Å²) >= 11 is 0. The lowest BCUT2D eigenvalue weighted by Gasteiger charge is -2.24. The second-order valence-electron chi connectivity index (χ2n) is 4.54. The first-order valence-corrected chi connectivity index (χ1v) is 6.43. The number of esters is 1. The molecule has 1 aliphatic heterocycles. The van der Waals surface area contributed by atoms with Crippen LogP contribution in [0.5, 0.6) is 0 Å². The fraction of sp³-hybridized carbons (Fsp3) is 0.125. The van der Waals surface area contributed by atoms with Crippen LogP contribution in [0, 0.1) is 0 Å². The molecule has 4 nitrogen and oxygen atoms in total. The molecule has 0 saturated carbocycles. The maximum absolute atomic E-state index is 11.3. The van der Waals surface area contributed by atoms with Crippen LogP contribution >= 0.6 is 0 Å². The fourth-order valence-electron chi connectivity index (χ4n) is 2.19. The molecule has 20 heavy (non-hydrogen) atoms. The summed E-state index contributed by atoms with van der Waals surface area (Å²) in [6.45, 7) is 0. The number of nitrogens with zero attached hydrogens (tertiary/aromatic N) is 1. The molecule has 0 unspecified atom stereocenters. The van der Waals surface area contributed by atoms with Gasteiger partial charge in [-0.1, -0.05) is 24.3 Å². The molecule has 0 saturated heterocycles. The molecular formula is C16H14N2O2. The van der Waals surface area contributed by atoms with Gasteiger partial charge in [0, 0.05) is 24.2 Å². The van der Waals surface area contributed by atoms with Crippen LogP contribution in [0.4, 0.5) is 5.69 Å². The van der Waals surface area contributed by atoms with Gasteiger partial charge in [-0.25, -0.2) is 4.79 Å². The van der Waals surface area contributed by atoms with Gasteiger partial charge in [0.15, 0.2) is 0 Å². The minimum atomic E-state index is -0.327. The molecule has 0 aliphatic carbocycles. The highest BCUT2D eigenvalue weighted by Crippen LogP contribution is 2.27. The lowest BCUT2D eigenvalue weighted by atomic mass is 10.0. The van der Waals surface area contributed by atoms with Crippen molar-refractivity contribution in [1.82, 2.24) is 4.98 Å². The average molecular weight is 266 g/mol. The van der Waals surface area contributed by atoms with Crippen molar-refractivity contribution >= 4 is 11.7 Å². The van der Waals surface area contributed by atoms with E-state index in [9.17, 15) is 4.79 Å². The number of carbonyl (C=O) groups is 1. The molecule has 4 heteroatoms. The van der Waals surface area contributed by atoms with Crippen molar-refractivity contribution in [2.24, 2.45) is 0 Å². The first kappa shape index (κ1) is 12.4. The van der Waals surface area contributed by atoms with Gasteiger partial charge in [-0.2, -0.15) is 0 Å². The van der Waals surface area contributed by atoms with Crippen LogP contribution in [0.15, 0.2) is 67.0 Å². The Balaban J connectivity index is 1.88. The monoisotopic (exact) mass is 266 g/mol. The third-order valence-electron chi connectivity index (χ3n) is 3.14. The number of nitrogens with one attached hydrogen (secondary N) is 1. The number of pyridine rings is 1. The molecule has 0 fully saturated rings. The van der Waals surface area contributed by atoms with E-state index < -0.39 is 0 Å². The van der Waals surface area contributed by atoms with Crippen LogP contribution in [0.3, 0.4) is 0 Å². The topological polar surface area (TPSA) is 51.2 Å². The van der Waals surface area contributed by atoms with E-state index in [0.717, 1.165) is 11.3 Å². The molecule has 0 radical (unpaired) electrons. The van der Waals surface area contributed by atoms with Crippen molar-refractivity contribution < 1.29 is 9.53 Å². The Morgan fingerprint density at radius 1 is 1.15 bits per heavy atom. The molecule has 0 amide bonds. The van der Waals surface area contributed by atoms with E-state index in [1.165, 1.54) is 6.08 Å². The first-order valence-electron chi connectivity index (χ1n) is 6.43. The predicted molar refractivity (Wildman–Crippen MR) is 76.1 cm³/mol. The van der Waals surface area contributed by atoms with Gasteiger partial charge >= 0.3 is 5.97 Å². The molecule has 2 aromatic rings. The summed E-state index contributed by atoms with van der Waals surface area (Å²) in [6, 6.07) is 13.5. The Morgan fingerprint density at radius 2 is 2.00 bits per heavy atom. The largest absolute Gasteiger partial charge is 0.452 e. The number of anilines is 1. The number of carbonyl (C=O) groups excluding carboxylic acids is 1. The van der Waals surface area contributed by atoms with Gasteiger partial charge in [0.2, 0.25) is 0 Å². The van der Waals surface area contributed by atoms with Crippen molar-refractivity contribution in [3.8, 4) is 0 Å². The minimum Gasteiger partial charge on any atom is -0.452 e. The van der Waals surface area contributed by atoms with Crippen LogP contribution in [0.25, 0.3) is 0 Å². The molecule has 2 heterocycles. The summed E-state index contributed by atoms with van der Waals surface area (Å²) in [5.74, 6) is -0.307. The predicted octanol–water partition coefficient (Wildman–Crippen LogP) is 2.72. The number of cyclic esters (lactones) is 1. The summed E-state index contributed by atoms with van der Waals surface area (Å²) in [5.41, 5.74) is 1.94. The number of ether oxygens (including phenoxy) is 1. The Morgan fingerprint density at radius 3 is 2.65 bits per heavy atom. The van der Waals surface area contributed by atoms with Gasteiger partial charge in [0.25, 0.3) is 0 Å². The molecule has 100 valence electrons. The van der Waals surface area contributed by atoms with E-state index in [1.807, 2.05) is 42.5 Å². The van der Waals surface area contributed by atoms with Crippen LogP contribution in [-0.2, 0) is 9.53 Å². The minimum absolute atomic E-state index is 0.159. The second-order valence-corrected chi connectivity index (χ2v) is 4.54. The molecule has 1 aromatic carbocycles. The van der Waals surface area contributed by atoms with Crippen molar-refractivity contribution in [3.05, 3.63) is 72.6 Å². The normalized spacial score (nSPS) is 18.6. The van der Waals surface area contributed by atoms with E-state index in [2.05, 4.69) is 10.3 Å². The van der Waals surface area contributed by atoms with Gasteiger partial charge < -0.3 is 10.1 Å². The van der Waals surface area contributed by atoms with Gasteiger partial charge in [-0.3, -0.25) is 4.98 Å². The van der Waals surface area contributed by atoms with E-state index in [0.29, 0.717) is 0 Å². The van der Waals surface area contributed by atoms with E-state index in [1.54, 1.807) is 18.5 Å². The van der Waals surface area contributed by atoms with Gasteiger partial charge in [-0.15, -0.1) is 0 Å². The third kappa shape index (κ3) is 2.69. The summed E-state index contributed by atoms with van der Waals surface area (Å²) in [6.07, 6.45) is 6.41. The molecule has 1 N–H and O–H groups in total. The number of benzene rings is 1. The Labute approximate surface area is 117 Å². The van der Waals surface area contributed by atoms with Gasteiger partial charge in [-0.05, 0) is 29.8 Å². The molecule has 2 atom stereocenters. The van der Waals surface area contributed by atoms with E-state index in [-0.39, 0.29) is 18.1 Å². The summed E-state index contributed by atoms with van der Waals surface area (Å²) in [4.78, 5) is 15.4. The highest BCUT2D eigenvalue weighted by molar-refractivity contribution is 5.84. The van der Waals surface area contributed by atoms with Gasteiger partial charge in [0.1, 0.15) is 6.10 Å². The Hall–Kier alpha value is -2.62. The second kappa shape index (κ2) is 5.57. The van der Waals surface area contributed by atoms with Gasteiger partial charge in [0.05, 0.1) is 6.04 Å². The number of rotatable bonds is 4. The summed E-state index contributed by atoms with van der Waals surface area (Å²) in [7, 11) is 0. The molecular weight excluding hydrogens is 252 g/mol. The van der Waals surface area contributed by atoms with Crippen molar-refractivity contribution in [1.29, 1.82) is 0 Å². The number of hydrogen-bond acceptors (Lipinski definition) is 4. The highest BCUT2D eigenvalue weighted by atomic mass is 16.5. The zero-order valence-electron chi connectivity index (χ0n) is 10.8. The zero-order valence-corrected chi connectivity index (χ0v) is 10.8. The average Bonchev–Trinajstić information content (AvgIpc) is 2.93. The first-order chi connectivity index (χ1) is 9.83. The number of para-hydroxylation sites is 1. The van der Waals surface area contributed by atoms with E-state index in [4.69, 9.17) is 4.74 Å². The number of hydrogen-bond donors (Lipinski definition) is 1. The quantitative estimate of drug-likeness (QED) is 0.864. The van der Waals surface area contributed by atoms with Crippen LogP contribution in [0.1, 0.15) is 11.6 Å². The van der Waals surface area contributed by atoms with E-state index >= 15 is 0 Å². The van der Waals surface area contributed by atoms with Crippen molar-refractivity contribution in [2.75, 3.05) is 5.32 Å². The fourth-order valence-corrected chi connectivity index (χ4v) is 2.19. The summed E-state index contributed by atoms with van der Waals surface area (Å²) < 4.78 is 5.31. The van der Waals surface area contributed by atoms with Crippen molar-refractivity contribution in [2.45, 2.75) is 12.1 Å². The Kier molecular flexibility index (Phi) is 3.46. The standard InChI is InChI=1S/C16H14N2O2/c19-15-9-8-14(20-15)16(12-5-4-10-17-11-12)18-13-6-2-1-3-7-13/h1-11,14,16,18H/t14-,16+/m0/s1. The molecule has 3 rings (SSSR count). The van der Waals surface area contributed by atoms with Crippen LogP contribution in [-0.4, -0.2) is 17.1 Å². The maximum Gasteiger partial charge on any atom is 0.331 e. The highest BCUT2D eigenvalue weighted by Gasteiger charge is 2.28. The third-order valence-corrected chi connectivity index (χ3v) is 3.14. The van der Waals surface area contributed by atoms with Crippen molar-refractivity contribution in [3.63, 3.8) is 0 Å². The summed E-state index contributed by atoms with van der Waals surface area (Å²) in [5, 5.41) is 3.39. The molecule has 0 spiro atoms. The zero-order chi connectivity index (χ0) is 13.8. The smallest absolute Gasteiger partial charge is 0.331 e.